The first kappa shape index (κ1) is 17.3. The van der Waals surface area contributed by atoms with Crippen LogP contribution in [0.2, 0.25) is 0 Å². The number of amides is 1. The maximum atomic E-state index is 11.5. The monoisotopic (exact) mass is 335 g/mol. The summed E-state index contributed by atoms with van der Waals surface area (Å²) in [4.78, 5) is 13.4. The molecule has 130 valence electrons. The third-order valence-electron chi connectivity index (χ3n) is 4.76. The summed E-state index contributed by atoms with van der Waals surface area (Å²) in [5.74, 6) is 1.08. The predicted molar refractivity (Wildman–Crippen MR) is 102 cm³/mol. The molecule has 3 heteroatoms. The first-order valence-electron chi connectivity index (χ1n) is 8.77. The summed E-state index contributed by atoms with van der Waals surface area (Å²) < 4.78 is 6.02. The molecule has 2 aromatic rings. The predicted octanol–water partition coefficient (Wildman–Crippen LogP) is 4.52. The van der Waals surface area contributed by atoms with Crippen molar-refractivity contribution in [1.82, 2.24) is 4.90 Å². The molecule has 0 saturated heterocycles. The second kappa shape index (κ2) is 7.56. The Bertz CT molecular complexity index is 793. The highest BCUT2D eigenvalue weighted by atomic mass is 16.5. The largest absolute Gasteiger partial charge is 0.489 e. The number of hydrogen-bond donors (Lipinski definition) is 0. The Hall–Kier alpha value is -2.55. The molecule has 0 unspecified atom stereocenters. The van der Waals surface area contributed by atoms with Gasteiger partial charge in [-0.3, -0.25) is 4.79 Å². The summed E-state index contributed by atoms with van der Waals surface area (Å²) in [6, 6.07) is 14.6. The zero-order valence-electron chi connectivity index (χ0n) is 15.2. The number of carbonyl (C=O) groups excluding carboxylic acids is 1. The topological polar surface area (TPSA) is 29.5 Å². The molecule has 0 aliphatic carbocycles. The van der Waals surface area contributed by atoms with E-state index in [1.54, 1.807) is 6.92 Å². The van der Waals surface area contributed by atoms with Gasteiger partial charge in [-0.15, -0.1) is 0 Å². The van der Waals surface area contributed by atoms with Crippen LogP contribution in [0.4, 0.5) is 0 Å². The van der Waals surface area contributed by atoms with Crippen LogP contribution in [0.1, 0.15) is 35.6 Å². The maximum Gasteiger partial charge on any atom is 0.219 e. The average molecular weight is 335 g/mol. The minimum absolute atomic E-state index is 0.146. The summed E-state index contributed by atoms with van der Waals surface area (Å²) in [5.41, 5.74) is 6.13. The minimum atomic E-state index is 0.146. The number of rotatable bonds is 4. The van der Waals surface area contributed by atoms with Gasteiger partial charge in [0.1, 0.15) is 12.4 Å². The summed E-state index contributed by atoms with van der Waals surface area (Å²) in [7, 11) is 0. The highest BCUT2D eigenvalue weighted by Crippen LogP contribution is 2.31. The Morgan fingerprint density at radius 3 is 2.52 bits per heavy atom. The van der Waals surface area contributed by atoms with Crippen LogP contribution in [0.5, 0.6) is 5.75 Å². The van der Waals surface area contributed by atoms with Crippen molar-refractivity contribution in [2.75, 3.05) is 13.1 Å². The van der Waals surface area contributed by atoms with Crippen molar-refractivity contribution in [2.24, 2.45) is 0 Å². The normalized spacial score (nSPS) is 14.2. The lowest BCUT2D eigenvalue weighted by molar-refractivity contribution is -0.128. The van der Waals surface area contributed by atoms with Crippen LogP contribution in [-0.4, -0.2) is 23.9 Å². The van der Waals surface area contributed by atoms with Gasteiger partial charge in [0.2, 0.25) is 5.91 Å². The van der Waals surface area contributed by atoms with Gasteiger partial charge < -0.3 is 9.64 Å². The van der Waals surface area contributed by atoms with E-state index in [9.17, 15) is 4.79 Å². The van der Waals surface area contributed by atoms with E-state index in [0.29, 0.717) is 13.2 Å². The Balaban J connectivity index is 1.75. The van der Waals surface area contributed by atoms with Gasteiger partial charge in [0, 0.05) is 20.0 Å². The molecule has 0 fully saturated rings. The van der Waals surface area contributed by atoms with Crippen molar-refractivity contribution < 1.29 is 9.53 Å². The van der Waals surface area contributed by atoms with E-state index in [1.807, 2.05) is 23.1 Å². The third kappa shape index (κ3) is 4.11. The molecule has 0 spiro atoms. The molecule has 0 aromatic heterocycles. The molecule has 1 amide bonds. The Morgan fingerprint density at radius 2 is 1.88 bits per heavy atom. The highest BCUT2D eigenvalue weighted by Gasteiger charge is 2.17. The van der Waals surface area contributed by atoms with Gasteiger partial charge in [-0.25, -0.2) is 0 Å². The molecule has 1 heterocycles. The molecule has 0 N–H and O–H groups in total. The fourth-order valence-electron chi connectivity index (χ4n) is 3.23. The van der Waals surface area contributed by atoms with E-state index < -0.39 is 0 Å². The average Bonchev–Trinajstić information content (AvgIpc) is 2.63. The van der Waals surface area contributed by atoms with Gasteiger partial charge in [-0.2, -0.15) is 0 Å². The van der Waals surface area contributed by atoms with E-state index in [1.165, 1.54) is 22.3 Å². The first-order valence-corrected chi connectivity index (χ1v) is 8.77. The lowest BCUT2D eigenvalue weighted by Gasteiger charge is -2.26. The van der Waals surface area contributed by atoms with Gasteiger partial charge in [0.15, 0.2) is 0 Å². The molecular weight excluding hydrogens is 310 g/mol. The van der Waals surface area contributed by atoms with E-state index in [-0.39, 0.29) is 5.91 Å². The molecule has 0 radical (unpaired) electrons. The van der Waals surface area contributed by atoms with Crippen LogP contribution in [0, 0.1) is 13.8 Å². The quantitative estimate of drug-likeness (QED) is 0.822. The zero-order chi connectivity index (χ0) is 17.8. The van der Waals surface area contributed by atoms with E-state index in [2.05, 4.69) is 44.2 Å². The number of benzene rings is 2. The fraction of sp³-hybridized carbons (Fsp3) is 0.318. The molecule has 1 aliphatic rings. The van der Waals surface area contributed by atoms with Crippen LogP contribution in [-0.2, 0) is 11.4 Å². The van der Waals surface area contributed by atoms with Crippen LogP contribution < -0.4 is 4.74 Å². The summed E-state index contributed by atoms with van der Waals surface area (Å²) in [5, 5.41) is 0. The van der Waals surface area contributed by atoms with Crippen molar-refractivity contribution in [2.45, 2.75) is 33.8 Å². The molecule has 3 nitrogen and oxygen atoms in total. The Kier molecular flexibility index (Phi) is 5.22. The van der Waals surface area contributed by atoms with Crippen molar-refractivity contribution >= 4 is 11.5 Å². The first-order chi connectivity index (χ1) is 12.0. The SMILES string of the molecule is CC(=O)N1CC=C(c2cc(C)c(OCc3ccccc3)cc2C)CC1. The van der Waals surface area contributed by atoms with Gasteiger partial charge in [-0.05, 0) is 60.2 Å². The standard InChI is InChI=1S/C22H25NO2/c1-16-14-22(25-15-19-7-5-4-6-8-19)17(2)13-21(16)20-9-11-23(12-10-20)18(3)24/h4-9,13-14H,10-12,15H2,1-3H3. The highest BCUT2D eigenvalue weighted by molar-refractivity contribution is 5.77. The molecule has 1 aliphatic heterocycles. The number of hydrogen-bond acceptors (Lipinski definition) is 2. The van der Waals surface area contributed by atoms with Crippen LogP contribution in [0.15, 0.2) is 48.5 Å². The number of nitrogens with zero attached hydrogens (tertiary/aromatic N) is 1. The Morgan fingerprint density at radius 1 is 1.12 bits per heavy atom. The molecule has 0 saturated carbocycles. The summed E-state index contributed by atoms with van der Waals surface area (Å²) >= 11 is 0. The van der Waals surface area contributed by atoms with Crippen LogP contribution in [0.3, 0.4) is 0 Å². The molecule has 3 rings (SSSR count). The number of carbonyl (C=O) groups is 1. The molecule has 0 atom stereocenters. The van der Waals surface area contributed by atoms with Gasteiger partial charge in [-0.1, -0.05) is 36.4 Å². The molecule has 0 bridgehead atoms. The zero-order valence-corrected chi connectivity index (χ0v) is 15.2. The van der Waals surface area contributed by atoms with Gasteiger partial charge in [0.25, 0.3) is 0 Å². The summed E-state index contributed by atoms with van der Waals surface area (Å²) in [6.07, 6.45) is 3.08. The van der Waals surface area contributed by atoms with Crippen LogP contribution in [0.25, 0.3) is 5.57 Å². The third-order valence-corrected chi connectivity index (χ3v) is 4.76. The van der Waals surface area contributed by atoms with Crippen molar-refractivity contribution in [1.29, 1.82) is 0 Å². The molecule has 25 heavy (non-hydrogen) atoms. The lowest BCUT2D eigenvalue weighted by Crippen LogP contribution is -2.32. The van der Waals surface area contributed by atoms with E-state index >= 15 is 0 Å². The molecular formula is C22H25NO2. The van der Waals surface area contributed by atoms with Gasteiger partial charge >= 0.3 is 0 Å². The molecule has 2 aromatic carbocycles. The smallest absolute Gasteiger partial charge is 0.219 e. The fourth-order valence-corrected chi connectivity index (χ4v) is 3.23. The number of aryl methyl sites for hydroxylation is 2. The van der Waals surface area contributed by atoms with Crippen molar-refractivity contribution in [3.8, 4) is 5.75 Å². The van der Waals surface area contributed by atoms with E-state index in [4.69, 9.17) is 4.74 Å². The second-order valence-electron chi connectivity index (χ2n) is 6.65. The van der Waals surface area contributed by atoms with Crippen LogP contribution >= 0.6 is 0 Å². The van der Waals surface area contributed by atoms with E-state index in [0.717, 1.165) is 24.3 Å². The van der Waals surface area contributed by atoms with Gasteiger partial charge in [0.05, 0.1) is 0 Å². The second-order valence-corrected chi connectivity index (χ2v) is 6.65. The Labute approximate surface area is 149 Å². The van der Waals surface area contributed by atoms with Crippen molar-refractivity contribution in [3.05, 3.63) is 70.8 Å². The lowest BCUT2D eigenvalue weighted by atomic mass is 9.93. The maximum absolute atomic E-state index is 11.5. The summed E-state index contributed by atoms with van der Waals surface area (Å²) in [6.45, 7) is 7.93. The minimum Gasteiger partial charge on any atom is -0.489 e. The number of ether oxygens (including phenoxy) is 1. The van der Waals surface area contributed by atoms with Crippen molar-refractivity contribution in [3.63, 3.8) is 0 Å².